The summed E-state index contributed by atoms with van der Waals surface area (Å²) < 4.78 is 12.7. The number of rotatable bonds is 3. The quantitative estimate of drug-likeness (QED) is 0.652. The molecule has 0 aromatic heterocycles. The van der Waals surface area contributed by atoms with Crippen LogP contribution in [0.3, 0.4) is 0 Å². The number of nitrogens with one attached hydrogen (secondary N) is 1. The van der Waals surface area contributed by atoms with Crippen LogP contribution < -0.4 is 5.43 Å². The minimum Gasteiger partial charge on any atom is -0.267 e. The molecule has 18 heavy (non-hydrogen) atoms. The van der Waals surface area contributed by atoms with Gasteiger partial charge in [0.1, 0.15) is 5.82 Å². The summed E-state index contributed by atoms with van der Waals surface area (Å²) in [5.74, 6) is -0.749. The minimum absolute atomic E-state index is 0.363. The molecule has 0 unspecified atom stereocenters. The Balaban J connectivity index is 1.96. The predicted octanol–water partition coefficient (Wildman–Crippen LogP) is 2.59. The fraction of sp³-hybridized carbons (Fsp3) is 0. The third-order valence-electron chi connectivity index (χ3n) is 2.29. The van der Waals surface area contributed by atoms with E-state index in [1.165, 1.54) is 24.3 Å². The van der Waals surface area contributed by atoms with E-state index < -0.39 is 0 Å². The highest BCUT2D eigenvalue weighted by molar-refractivity contribution is 5.94. The van der Waals surface area contributed by atoms with E-state index in [-0.39, 0.29) is 11.7 Å². The molecule has 0 aliphatic rings. The summed E-state index contributed by atoms with van der Waals surface area (Å²) in [6.45, 7) is 0. The Morgan fingerprint density at radius 1 is 1.06 bits per heavy atom. The van der Waals surface area contributed by atoms with Gasteiger partial charge in [-0.25, -0.2) is 9.82 Å². The highest BCUT2D eigenvalue weighted by Crippen LogP contribution is 2.02. The van der Waals surface area contributed by atoms with Crippen molar-refractivity contribution in [3.8, 4) is 0 Å². The molecule has 1 N–H and O–H groups in total. The summed E-state index contributed by atoms with van der Waals surface area (Å²) in [5.41, 5.74) is 3.62. The molecule has 2 aromatic rings. The average molecular weight is 242 g/mol. The lowest BCUT2D eigenvalue weighted by atomic mass is 10.2. The van der Waals surface area contributed by atoms with Crippen LogP contribution in [0.25, 0.3) is 0 Å². The van der Waals surface area contributed by atoms with Gasteiger partial charge in [-0.3, -0.25) is 4.79 Å². The Kier molecular flexibility index (Phi) is 3.81. The molecule has 0 spiro atoms. The maximum absolute atomic E-state index is 12.7. The van der Waals surface area contributed by atoms with Crippen molar-refractivity contribution in [2.24, 2.45) is 5.10 Å². The van der Waals surface area contributed by atoms with Crippen LogP contribution in [0.5, 0.6) is 0 Å². The highest BCUT2D eigenvalue weighted by Gasteiger charge is 2.03. The number of hydrazone groups is 1. The van der Waals surface area contributed by atoms with E-state index in [9.17, 15) is 9.18 Å². The largest absolute Gasteiger partial charge is 0.271 e. The van der Waals surface area contributed by atoms with Crippen LogP contribution in [-0.4, -0.2) is 12.1 Å². The maximum atomic E-state index is 12.7. The first-order valence-corrected chi connectivity index (χ1v) is 5.40. The first-order chi connectivity index (χ1) is 8.75. The average Bonchev–Trinajstić information content (AvgIpc) is 2.40. The monoisotopic (exact) mass is 242 g/mol. The first-order valence-electron chi connectivity index (χ1n) is 5.40. The highest BCUT2D eigenvalue weighted by atomic mass is 19.1. The van der Waals surface area contributed by atoms with Gasteiger partial charge in [0.05, 0.1) is 6.21 Å². The van der Waals surface area contributed by atoms with Crippen molar-refractivity contribution < 1.29 is 9.18 Å². The number of halogens is 1. The van der Waals surface area contributed by atoms with Gasteiger partial charge < -0.3 is 0 Å². The van der Waals surface area contributed by atoms with Crippen molar-refractivity contribution in [3.63, 3.8) is 0 Å². The second kappa shape index (κ2) is 5.72. The molecule has 0 atom stereocenters. The van der Waals surface area contributed by atoms with E-state index in [4.69, 9.17) is 0 Å². The first kappa shape index (κ1) is 12.0. The van der Waals surface area contributed by atoms with Crippen LogP contribution in [0.2, 0.25) is 0 Å². The van der Waals surface area contributed by atoms with Crippen LogP contribution in [-0.2, 0) is 0 Å². The second-order valence-corrected chi connectivity index (χ2v) is 3.62. The zero-order valence-electron chi connectivity index (χ0n) is 9.51. The standard InChI is InChI=1S/C14H11FN2O/c15-13-8-6-12(7-9-13)14(18)17-16-10-11-4-2-1-3-5-11/h1-10H,(H,17,18)/b16-10-. The number of carbonyl (C=O) groups is 1. The minimum atomic E-state index is -0.376. The summed E-state index contributed by atoms with van der Waals surface area (Å²) in [7, 11) is 0. The lowest BCUT2D eigenvalue weighted by Gasteiger charge is -1.99. The van der Waals surface area contributed by atoms with Crippen LogP contribution in [0.4, 0.5) is 4.39 Å². The molecule has 2 aromatic carbocycles. The fourth-order valence-electron chi connectivity index (χ4n) is 1.37. The van der Waals surface area contributed by atoms with E-state index in [1.807, 2.05) is 30.3 Å². The van der Waals surface area contributed by atoms with E-state index in [1.54, 1.807) is 6.21 Å². The van der Waals surface area contributed by atoms with E-state index in [2.05, 4.69) is 10.5 Å². The molecule has 0 radical (unpaired) electrons. The summed E-state index contributed by atoms with van der Waals surface area (Å²) in [4.78, 5) is 11.6. The number of hydrogen-bond donors (Lipinski definition) is 1. The molecule has 2 rings (SSSR count). The smallest absolute Gasteiger partial charge is 0.267 e. The molecule has 0 aliphatic heterocycles. The van der Waals surface area contributed by atoms with Crippen LogP contribution >= 0.6 is 0 Å². The molecule has 0 aliphatic carbocycles. The Bertz CT molecular complexity index is 550. The molecule has 1 amide bonds. The Hall–Kier alpha value is -2.49. The molecule has 0 bridgehead atoms. The topological polar surface area (TPSA) is 41.5 Å². The van der Waals surface area contributed by atoms with Crippen molar-refractivity contribution in [2.45, 2.75) is 0 Å². The Morgan fingerprint density at radius 3 is 2.39 bits per heavy atom. The molecule has 4 heteroatoms. The number of hydrogen-bond acceptors (Lipinski definition) is 2. The Morgan fingerprint density at radius 2 is 1.72 bits per heavy atom. The third-order valence-corrected chi connectivity index (χ3v) is 2.29. The van der Waals surface area contributed by atoms with Gasteiger partial charge >= 0.3 is 0 Å². The molecule has 0 saturated carbocycles. The van der Waals surface area contributed by atoms with Gasteiger partial charge in [-0.15, -0.1) is 0 Å². The van der Waals surface area contributed by atoms with Crippen molar-refractivity contribution in [1.82, 2.24) is 5.43 Å². The molecule has 0 saturated heterocycles. The van der Waals surface area contributed by atoms with Crippen LogP contribution in [0.1, 0.15) is 15.9 Å². The van der Waals surface area contributed by atoms with E-state index in [0.717, 1.165) is 5.56 Å². The van der Waals surface area contributed by atoms with Crippen LogP contribution in [0.15, 0.2) is 59.7 Å². The van der Waals surface area contributed by atoms with Crippen molar-refractivity contribution >= 4 is 12.1 Å². The molecule has 0 heterocycles. The lowest BCUT2D eigenvalue weighted by Crippen LogP contribution is -2.17. The molecule has 0 fully saturated rings. The SMILES string of the molecule is O=C(N/N=C\c1ccccc1)c1ccc(F)cc1. The predicted molar refractivity (Wildman–Crippen MR) is 67.9 cm³/mol. The van der Waals surface area contributed by atoms with Gasteiger partial charge in [-0.2, -0.15) is 5.10 Å². The summed E-state index contributed by atoms with van der Waals surface area (Å²) in [5, 5.41) is 3.82. The molecule has 90 valence electrons. The molecule has 3 nitrogen and oxygen atoms in total. The van der Waals surface area contributed by atoms with Gasteiger partial charge in [0.2, 0.25) is 0 Å². The van der Waals surface area contributed by atoms with E-state index in [0.29, 0.717) is 5.56 Å². The zero-order chi connectivity index (χ0) is 12.8. The van der Waals surface area contributed by atoms with Crippen LogP contribution in [0, 0.1) is 5.82 Å². The normalized spacial score (nSPS) is 10.5. The summed E-state index contributed by atoms with van der Waals surface area (Å²) in [6.07, 6.45) is 1.54. The lowest BCUT2D eigenvalue weighted by molar-refractivity contribution is 0.0955. The molecular weight excluding hydrogens is 231 g/mol. The van der Waals surface area contributed by atoms with Crippen molar-refractivity contribution in [1.29, 1.82) is 0 Å². The Labute approximate surface area is 104 Å². The van der Waals surface area contributed by atoms with Crippen molar-refractivity contribution in [2.75, 3.05) is 0 Å². The third kappa shape index (κ3) is 3.25. The van der Waals surface area contributed by atoms with Crippen molar-refractivity contribution in [3.05, 3.63) is 71.5 Å². The van der Waals surface area contributed by atoms with Gasteiger partial charge in [0.25, 0.3) is 5.91 Å². The fourth-order valence-corrected chi connectivity index (χ4v) is 1.37. The number of nitrogens with zero attached hydrogens (tertiary/aromatic N) is 1. The van der Waals surface area contributed by atoms with Gasteiger partial charge in [0, 0.05) is 5.56 Å². The maximum Gasteiger partial charge on any atom is 0.271 e. The van der Waals surface area contributed by atoms with Gasteiger partial charge in [-0.1, -0.05) is 30.3 Å². The van der Waals surface area contributed by atoms with E-state index >= 15 is 0 Å². The second-order valence-electron chi connectivity index (χ2n) is 3.62. The molecular formula is C14H11FN2O. The number of carbonyl (C=O) groups excluding carboxylic acids is 1. The summed E-state index contributed by atoms with van der Waals surface area (Å²) in [6, 6.07) is 14.7. The number of amides is 1. The zero-order valence-corrected chi connectivity index (χ0v) is 9.51. The van der Waals surface area contributed by atoms with Gasteiger partial charge in [0.15, 0.2) is 0 Å². The number of benzene rings is 2. The summed E-state index contributed by atoms with van der Waals surface area (Å²) >= 11 is 0. The van der Waals surface area contributed by atoms with Gasteiger partial charge in [-0.05, 0) is 29.8 Å².